The Morgan fingerprint density at radius 2 is 2.12 bits per heavy atom. The van der Waals surface area contributed by atoms with Crippen molar-refractivity contribution in [1.29, 1.82) is 0 Å². The summed E-state index contributed by atoms with van der Waals surface area (Å²) in [5.74, 6) is 0.608. The lowest BCUT2D eigenvalue weighted by atomic mass is 9.91. The van der Waals surface area contributed by atoms with Gasteiger partial charge in [-0.05, 0) is 44.0 Å². The standard InChI is InChI=1S/C20H26N2O3/c1-15-12-17(9-10-21-15)20(24)22(13-16-6-3-2-4-7-16)14-18(23)19-8-5-11-25-19/h2-8,11,15,17-18,21,23H,9-10,12-14H2,1H3/t15-,17-,18?/m0/s1. The molecule has 3 atom stereocenters. The second-order valence-electron chi connectivity index (χ2n) is 6.81. The fourth-order valence-electron chi connectivity index (χ4n) is 3.43. The topological polar surface area (TPSA) is 65.7 Å². The molecule has 2 N–H and O–H groups in total. The summed E-state index contributed by atoms with van der Waals surface area (Å²) in [6, 6.07) is 13.7. The summed E-state index contributed by atoms with van der Waals surface area (Å²) in [5, 5.41) is 13.8. The monoisotopic (exact) mass is 342 g/mol. The third-order valence-electron chi connectivity index (χ3n) is 4.77. The van der Waals surface area contributed by atoms with Crippen molar-refractivity contribution in [3.63, 3.8) is 0 Å². The number of hydrogen-bond donors (Lipinski definition) is 2. The number of piperidine rings is 1. The first-order valence-corrected chi connectivity index (χ1v) is 8.91. The molecule has 5 heteroatoms. The SMILES string of the molecule is C[C@H]1C[C@@H](C(=O)N(Cc2ccccc2)CC(O)c2ccco2)CCN1. The van der Waals surface area contributed by atoms with Crippen LogP contribution in [0.4, 0.5) is 0 Å². The molecule has 1 unspecified atom stereocenters. The number of aliphatic hydroxyl groups excluding tert-OH is 1. The van der Waals surface area contributed by atoms with Gasteiger partial charge in [0.05, 0.1) is 12.8 Å². The fourth-order valence-corrected chi connectivity index (χ4v) is 3.43. The van der Waals surface area contributed by atoms with Gasteiger partial charge in [-0.3, -0.25) is 4.79 Å². The minimum Gasteiger partial charge on any atom is -0.467 e. The van der Waals surface area contributed by atoms with E-state index in [4.69, 9.17) is 4.42 Å². The first-order valence-electron chi connectivity index (χ1n) is 8.91. The first kappa shape index (κ1) is 17.7. The van der Waals surface area contributed by atoms with Crippen molar-refractivity contribution in [3.05, 3.63) is 60.1 Å². The third-order valence-corrected chi connectivity index (χ3v) is 4.77. The van der Waals surface area contributed by atoms with Crippen LogP contribution in [0.3, 0.4) is 0 Å². The molecule has 0 spiro atoms. The lowest BCUT2D eigenvalue weighted by molar-refractivity contribution is -0.139. The molecule has 2 aromatic rings. The second kappa shape index (κ2) is 8.32. The molecule has 1 aromatic heterocycles. The van der Waals surface area contributed by atoms with Crippen LogP contribution < -0.4 is 5.32 Å². The van der Waals surface area contributed by atoms with Crippen molar-refractivity contribution >= 4 is 5.91 Å². The quantitative estimate of drug-likeness (QED) is 0.847. The van der Waals surface area contributed by atoms with E-state index in [1.165, 1.54) is 6.26 Å². The zero-order chi connectivity index (χ0) is 17.6. The van der Waals surface area contributed by atoms with Gasteiger partial charge in [0.2, 0.25) is 5.91 Å². The molecule has 2 heterocycles. The summed E-state index contributed by atoms with van der Waals surface area (Å²) >= 11 is 0. The summed E-state index contributed by atoms with van der Waals surface area (Å²) in [4.78, 5) is 14.9. The van der Waals surface area contributed by atoms with Crippen molar-refractivity contribution < 1.29 is 14.3 Å². The zero-order valence-electron chi connectivity index (χ0n) is 14.6. The number of carbonyl (C=O) groups excluding carboxylic acids is 1. The van der Waals surface area contributed by atoms with Crippen molar-refractivity contribution in [2.45, 2.75) is 38.5 Å². The number of rotatable bonds is 6. The van der Waals surface area contributed by atoms with Crippen molar-refractivity contribution in [2.75, 3.05) is 13.1 Å². The van der Waals surface area contributed by atoms with E-state index in [2.05, 4.69) is 12.2 Å². The van der Waals surface area contributed by atoms with Crippen LogP contribution in [0.25, 0.3) is 0 Å². The van der Waals surface area contributed by atoms with Gasteiger partial charge in [-0.25, -0.2) is 0 Å². The Hall–Kier alpha value is -2.11. The molecule has 1 fully saturated rings. The molecule has 5 nitrogen and oxygen atoms in total. The maximum atomic E-state index is 13.1. The van der Waals surface area contributed by atoms with E-state index >= 15 is 0 Å². The van der Waals surface area contributed by atoms with Gasteiger partial charge in [-0.2, -0.15) is 0 Å². The summed E-state index contributed by atoms with van der Waals surface area (Å²) in [6.07, 6.45) is 2.39. The van der Waals surface area contributed by atoms with Crippen LogP contribution >= 0.6 is 0 Å². The van der Waals surface area contributed by atoms with Gasteiger partial charge in [0, 0.05) is 18.5 Å². The van der Waals surface area contributed by atoms with Gasteiger partial charge in [0.15, 0.2) is 0 Å². The molecule has 25 heavy (non-hydrogen) atoms. The van der Waals surface area contributed by atoms with Gasteiger partial charge < -0.3 is 19.7 Å². The Labute approximate surface area is 148 Å². The van der Waals surface area contributed by atoms with Crippen molar-refractivity contribution in [1.82, 2.24) is 10.2 Å². The first-order chi connectivity index (χ1) is 12.1. The molecule has 1 amide bonds. The Bertz CT molecular complexity index is 657. The van der Waals surface area contributed by atoms with Crippen LogP contribution in [0.15, 0.2) is 53.1 Å². The highest BCUT2D eigenvalue weighted by atomic mass is 16.4. The van der Waals surface area contributed by atoms with Gasteiger partial charge in [0.1, 0.15) is 11.9 Å². The average molecular weight is 342 g/mol. The molecular formula is C20H26N2O3. The average Bonchev–Trinajstić information content (AvgIpc) is 3.16. The predicted molar refractivity (Wildman–Crippen MR) is 95.7 cm³/mol. The van der Waals surface area contributed by atoms with Crippen molar-refractivity contribution in [3.8, 4) is 0 Å². The largest absolute Gasteiger partial charge is 0.467 e. The number of amides is 1. The van der Waals surface area contributed by atoms with Gasteiger partial charge in [-0.1, -0.05) is 30.3 Å². The molecule has 0 radical (unpaired) electrons. The van der Waals surface area contributed by atoms with Crippen molar-refractivity contribution in [2.24, 2.45) is 5.92 Å². The van der Waals surface area contributed by atoms with Crippen LogP contribution in [0, 0.1) is 5.92 Å². The minimum atomic E-state index is -0.818. The van der Waals surface area contributed by atoms with Crippen LogP contribution in [0.5, 0.6) is 0 Å². The van der Waals surface area contributed by atoms with E-state index in [9.17, 15) is 9.90 Å². The van der Waals surface area contributed by atoms with Crippen LogP contribution in [-0.4, -0.2) is 35.0 Å². The highest BCUT2D eigenvalue weighted by molar-refractivity contribution is 5.79. The van der Waals surface area contributed by atoms with Crippen LogP contribution in [0.1, 0.15) is 37.2 Å². The highest BCUT2D eigenvalue weighted by Crippen LogP contribution is 2.23. The molecule has 1 aromatic carbocycles. The molecule has 0 bridgehead atoms. The highest BCUT2D eigenvalue weighted by Gasteiger charge is 2.30. The molecule has 0 saturated carbocycles. The molecule has 3 rings (SSSR count). The molecule has 1 aliphatic heterocycles. The summed E-state index contributed by atoms with van der Waals surface area (Å²) in [6.45, 7) is 3.70. The zero-order valence-corrected chi connectivity index (χ0v) is 14.6. The molecule has 1 aliphatic rings. The van der Waals surface area contributed by atoms with E-state index < -0.39 is 6.10 Å². The van der Waals surface area contributed by atoms with Crippen LogP contribution in [0.2, 0.25) is 0 Å². The van der Waals surface area contributed by atoms with E-state index in [-0.39, 0.29) is 18.4 Å². The Morgan fingerprint density at radius 1 is 1.32 bits per heavy atom. The Kier molecular flexibility index (Phi) is 5.89. The predicted octanol–water partition coefficient (Wildman–Crippen LogP) is 2.73. The Balaban J connectivity index is 1.74. The number of benzene rings is 1. The molecule has 1 saturated heterocycles. The maximum Gasteiger partial charge on any atom is 0.226 e. The number of nitrogens with zero attached hydrogens (tertiary/aromatic N) is 1. The minimum absolute atomic E-state index is 0.00348. The molecule has 0 aliphatic carbocycles. The Morgan fingerprint density at radius 3 is 2.80 bits per heavy atom. The summed E-state index contributed by atoms with van der Waals surface area (Å²) < 4.78 is 5.29. The lowest BCUT2D eigenvalue weighted by Crippen LogP contribution is -2.45. The van der Waals surface area contributed by atoms with E-state index in [1.54, 1.807) is 17.0 Å². The third kappa shape index (κ3) is 4.71. The summed E-state index contributed by atoms with van der Waals surface area (Å²) in [5.41, 5.74) is 1.06. The number of hydrogen-bond acceptors (Lipinski definition) is 4. The van der Waals surface area contributed by atoms with Gasteiger partial charge >= 0.3 is 0 Å². The lowest BCUT2D eigenvalue weighted by Gasteiger charge is -2.33. The van der Waals surface area contributed by atoms with Crippen LogP contribution in [-0.2, 0) is 11.3 Å². The maximum absolute atomic E-state index is 13.1. The van der Waals surface area contributed by atoms with E-state index in [0.717, 1.165) is 24.9 Å². The fraction of sp³-hybridized carbons (Fsp3) is 0.450. The number of aliphatic hydroxyl groups is 1. The van der Waals surface area contributed by atoms with E-state index in [0.29, 0.717) is 18.3 Å². The number of carbonyl (C=O) groups is 1. The molecule has 134 valence electrons. The van der Waals surface area contributed by atoms with E-state index in [1.807, 2.05) is 30.3 Å². The van der Waals surface area contributed by atoms with Gasteiger partial charge in [0.25, 0.3) is 0 Å². The summed E-state index contributed by atoms with van der Waals surface area (Å²) in [7, 11) is 0. The molecular weight excluding hydrogens is 316 g/mol. The second-order valence-corrected chi connectivity index (χ2v) is 6.81. The number of nitrogens with one attached hydrogen (secondary N) is 1. The van der Waals surface area contributed by atoms with Gasteiger partial charge in [-0.15, -0.1) is 0 Å². The smallest absolute Gasteiger partial charge is 0.226 e. The number of furan rings is 1. The normalized spacial score (nSPS) is 21.7.